The van der Waals surface area contributed by atoms with E-state index in [0.717, 1.165) is 36.2 Å². The molecular weight excluding hydrogens is 302 g/mol. The molecule has 0 saturated carbocycles. The average Bonchev–Trinajstić information content (AvgIpc) is 2.55. The van der Waals surface area contributed by atoms with Gasteiger partial charge in [0.15, 0.2) is 0 Å². The van der Waals surface area contributed by atoms with Crippen LogP contribution in [0.1, 0.15) is 18.4 Å². The molecule has 0 amide bonds. The molecule has 2 unspecified atom stereocenters. The number of halogens is 1. The second-order valence-electron chi connectivity index (χ2n) is 5.90. The third-order valence-corrected chi connectivity index (χ3v) is 4.74. The predicted molar refractivity (Wildman–Crippen MR) is 87.4 cm³/mol. The van der Waals surface area contributed by atoms with Crippen LogP contribution in [0, 0.1) is 13.0 Å². The lowest BCUT2D eigenvalue weighted by molar-refractivity contribution is -0.101. The number of ether oxygens (including phenoxy) is 3. The molecular formula is C17H23ClNO3. The fraction of sp³-hybridized carbons (Fsp3) is 0.588. The third-order valence-electron chi connectivity index (χ3n) is 4.44. The molecule has 22 heavy (non-hydrogen) atoms. The highest BCUT2D eigenvalue weighted by Gasteiger charge is 2.37. The van der Waals surface area contributed by atoms with Crippen molar-refractivity contribution in [3.8, 4) is 0 Å². The minimum atomic E-state index is 0.0524. The van der Waals surface area contributed by atoms with Crippen LogP contribution in [-0.2, 0) is 14.2 Å². The van der Waals surface area contributed by atoms with Gasteiger partial charge in [-0.3, -0.25) is 0 Å². The number of anilines is 1. The van der Waals surface area contributed by atoms with E-state index in [1.54, 1.807) is 7.11 Å². The van der Waals surface area contributed by atoms with Gasteiger partial charge in [-0.25, -0.2) is 0 Å². The van der Waals surface area contributed by atoms with Crippen molar-refractivity contribution >= 4 is 17.3 Å². The lowest BCUT2D eigenvalue weighted by Crippen LogP contribution is -2.53. The number of hydrogen-bond donors (Lipinski definition) is 0. The van der Waals surface area contributed by atoms with Crippen LogP contribution < -0.4 is 4.90 Å². The van der Waals surface area contributed by atoms with Crippen LogP contribution in [0.4, 0.5) is 5.69 Å². The Labute approximate surface area is 137 Å². The summed E-state index contributed by atoms with van der Waals surface area (Å²) in [6.45, 7) is 4.89. The molecule has 1 aromatic carbocycles. The average molecular weight is 325 g/mol. The molecule has 2 aliphatic heterocycles. The number of rotatable bonds is 3. The summed E-state index contributed by atoms with van der Waals surface area (Å²) in [6, 6.07) is 6.42. The summed E-state index contributed by atoms with van der Waals surface area (Å²) in [4.78, 5) is 2.35. The molecule has 0 aromatic heterocycles. The van der Waals surface area contributed by atoms with Gasteiger partial charge in [-0.05, 0) is 31.0 Å². The minimum absolute atomic E-state index is 0.0524. The van der Waals surface area contributed by atoms with E-state index in [2.05, 4.69) is 24.0 Å². The largest absolute Gasteiger partial charge is 0.376 e. The summed E-state index contributed by atoms with van der Waals surface area (Å²) in [5, 5.41) is 0.794. The second-order valence-corrected chi connectivity index (χ2v) is 6.30. The Hall–Kier alpha value is -0.810. The Bertz CT molecular complexity index is 505. The second kappa shape index (κ2) is 7.18. The van der Waals surface area contributed by atoms with Crippen LogP contribution in [0.2, 0.25) is 5.02 Å². The highest BCUT2D eigenvalue weighted by atomic mass is 35.5. The van der Waals surface area contributed by atoms with Crippen molar-refractivity contribution in [1.29, 1.82) is 0 Å². The van der Waals surface area contributed by atoms with E-state index in [9.17, 15) is 0 Å². The lowest BCUT2D eigenvalue weighted by atomic mass is 9.94. The fourth-order valence-corrected chi connectivity index (χ4v) is 3.59. The SMILES string of the molecule is CO[C]1CCN(c2ccc(C)cc2Cl)C(C2COCCO2)C1. The summed E-state index contributed by atoms with van der Waals surface area (Å²) in [5.74, 6) is 0. The Morgan fingerprint density at radius 1 is 1.32 bits per heavy atom. The standard InChI is InChI=1S/C17H23ClNO3/c1-12-3-4-15(14(18)9-12)19-6-5-13(20-2)10-16(19)17-11-21-7-8-22-17/h3-4,9,16-17H,5-8,10-11H2,1-2H3. The molecule has 0 N–H and O–H groups in total. The van der Waals surface area contributed by atoms with E-state index in [0.29, 0.717) is 19.8 Å². The first kappa shape index (κ1) is 16.1. The molecule has 2 saturated heterocycles. The molecule has 1 aromatic rings. The van der Waals surface area contributed by atoms with E-state index in [1.807, 2.05) is 6.07 Å². The van der Waals surface area contributed by atoms with Crippen molar-refractivity contribution in [2.45, 2.75) is 31.9 Å². The van der Waals surface area contributed by atoms with Crippen molar-refractivity contribution in [3.05, 3.63) is 34.9 Å². The molecule has 0 bridgehead atoms. The molecule has 2 heterocycles. The van der Waals surface area contributed by atoms with Crippen LogP contribution in [0.25, 0.3) is 0 Å². The minimum Gasteiger partial charge on any atom is -0.376 e. The smallest absolute Gasteiger partial charge is 0.101 e. The summed E-state index contributed by atoms with van der Waals surface area (Å²) >= 11 is 6.49. The molecule has 2 atom stereocenters. The van der Waals surface area contributed by atoms with Gasteiger partial charge >= 0.3 is 0 Å². The lowest BCUT2D eigenvalue weighted by Gasteiger charge is -2.44. The van der Waals surface area contributed by atoms with E-state index < -0.39 is 0 Å². The molecule has 0 spiro atoms. The predicted octanol–water partition coefficient (Wildman–Crippen LogP) is 3.21. The van der Waals surface area contributed by atoms with Crippen molar-refractivity contribution in [2.75, 3.05) is 38.4 Å². The number of methoxy groups -OCH3 is 1. The maximum Gasteiger partial charge on any atom is 0.101 e. The number of nitrogens with zero attached hydrogens (tertiary/aromatic N) is 1. The van der Waals surface area contributed by atoms with Crippen LogP contribution in [0.5, 0.6) is 0 Å². The van der Waals surface area contributed by atoms with Gasteiger partial charge in [-0.15, -0.1) is 0 Å². The summed E-state index contributed by atoms with van der Waals surface area (Å²) < 4.78 is 17.1. The van der Waals surface area contributed by atoms with E-state index in [-0.39, 0.29) is 12.1 Å². The number of aryl methyl sites for hydroxylation is 1. The fourth-order valence-electron chi connectivity index (χ4n) is 3.25. The zero-order chi connectivity index (χ0) is 15.5. The maximum absolute atomic E-state index is 6.49. The van der Waals surface area contributed by atoms with Crippen LogP contribution in [0.3, 0.4) is 0 Å². The van der Waals surface area contributed by atoms with Gasteiger partial charge in [0, 0.05) is 20.1 Å². The Balaban J connectivity index is 1.85. The van der Waals surface area contributed by atoms with Gasteiger partial charge in [0.05, 0.1) is 36.6 Å². The van der Waals surface area contributed by atoms with Gasteiger partial charge in [0.1, 0.15) is 12.2 Å². The van der Waals surface area contributed by atoms with Crippen LogP contribution in [-0.4, -0.2) is 45.6 Å². The zero-order valence-corrected chi connectivity index (χ0v) is 13.9. The molecule has 1 radical (unpaired) electrons. The first-order chi connectivity index (χ1) is 10.7. The maximum atomic E-state index is 6.49. The number of benzene rings is 1. The van der Waals surface area contributed by atoms with Crippen LogP contribution in [0.15, 0.2) is 18.2 Å². The molecule has 4 nitrogen and oxygen atoms in total. The van der Waals surface area contributed by atoms with E-state index in [4.69, 9.17) is 25.8 Å². The third kappa shape index (κ3) is 3.40. The highest BCUT2D eigenvalue weighted by molar-refractivity contribution is 6.33. The molecule has 5 heteroatoms. The number of hydrogen-bond acceptors (Lipinski definition) is 4. The Kier molecular flexibility index (Phi) is 5.24. The molecule has 2 fully saturated rings. The zero-order valence-electron chi connectivity index (χ0n) is 13.2. The normalized spacial score (nSPS) is 27.1. The van der Waals surface area contributed by atoms with Crippen molar-refractivity contribution in [1.82, 2.24) is 0 Å². The summed E-state index contributed by atoms with van der Waals surface area (Å²) in [5.41, 5.74) is 2.24. The highest BCUT2D eigenvalue weighted by Crippen LogP contribution is 2.36. The Morgan fingerprint density at radius 3 is 2.86 bits per heavy atom. The molecule has 121 valence electrons. The van der Waals surface area contributed by atoms with Gasteiger partial charge in [-0.1, -0.05) is 17.7 Å². The van der Waals surface area contributed by atoms with E-state index >= 15 is 0 Å². The van der Waals surface area contributed by atoms with Gasteiger partial charge < -0.3 is 19.1 Å². The number of piperidine rings is 1. The quantitative estimate of drug-likeness (QED) is 0.854. The first-order valence-corrected chi connectivity index (χ1v) is 8.17. The molecule has 2 aliphatic rings. The van der Waals surface area contributed by atoms with Gasteiger partial charge in [-0.2, -0.15) is 0 Å². The molecule has 3 rings (SSSR count). The van der Waals surface area contributed by atoms with E-state index in [1.165, 1.54) is 5.56 Å². The topological polar surface area (TPSA) is 30.9 Å². The van der Waals surface area contributed by atoms with Crippen molar-refractivity contribution in [2.24, 2.45) is 0 Å². The van der Waals surface area contributed by atoms with Gasteiger partial charge in [0.25, 0.3) is 0 Å². The van der Waals surface area contributed by atoms with Gasteiger partial charge in [0.2, 0.25) is 0 Å². The molecule has 0 aliphatic carbocycles. The van der Waals surface area contributed by atoms with Crippen molar-refractivity contribution in [3.63, 3.8) is 0 Å². The summed E-state index contributed by atoms with van der Waals surface area (Å²) in [7, 11) is 1.75. The first-order valence-electron chi connectivity index (χ1n) is 7.80. The monoisotopic (exact) mass is 324 g/mol. The summed E-state index contributed by atoms with van der Waals surface area (Å²) in [6.07, 6.45) is 2.95. The Morgan fingerprint density at radius 2 is 2.18 bits per heavy atom. The van der Waals surface area contributed by atoms with Crippen molar-refractivity contribution < 1.29 is 14.2 Å². The van der Waals surface area contributed by atoms with Crippen LogP contribution >= 0.6 is 11.6 Å².